The number of aryl methyl sites for hydroxylation is 2. The molecule has 1 saturated heterocycles. The number of nitrogens with one attached hydrogen (secondary N) is 2. The number of aromatic nitrogens is 3. The monoisotopic (exact) mass is 572 g/mol. The Balaban J connectivity index is 1.35. The van der Waals surface area contributed by atoms with Crippen LogP contribution in [0.15, 0.2) is 16.9 Å². The number of piperazine rings is 1. The number of anilines is 2. The molecule has 2 N–H and O–H groups in total. The van der Waals surface area contributed by atoms with E-state index in [1.54, 1.807) is 0 Å². The molecular weight excluding hydrogens is 546 g/mol. The largest absolute Gasteiger partial charge is 0.586 e. The van der Waals surface area contributed by atoms with Gasteiger partial charge in [0.1, 0.15) is 16.8 Å². The van der Waals surface area contributed by atoms with E-state index in [-0.39, 0.29) is 45.1 Å². The van der Waals surface area contributed by atoms with Crippen LogP contribution in [0.2, 0.25) is 5.02 Å². The van der Waals surface area contributed by atoms with E-state index in [1.807, 2.05) is 25.3 Å². The normalized spacial score (nSPS) is 25.9. The van der Waals surface area contributed by atoms with Crippen molar-refractivity contribution < 1.29 is 23.0 Å². The number of pyridine rings is 1. The summed E-state index contributed by atoms with van der Waals surface area (Å²) < 4.78 is 38.1. The fourth-order valence-corrected chi connectivity index (χ4v) is 6.65. The number of fused-ring (bicyclic) bond motifs is 5. The molecule has 2 aromatic heterocycles. The van der Waals surface area contributed by atoms with Gasteiger partial charge in [0.05, 0.1) is 22.8 Å². The standard InChI is InChI=1S/C27H27ClF2N6O4/c1-11-10-17(26(38)34-15-5-7-18-24(19(15)28)40-27(29,30)39-18)36-21(11)22(35-9-8-31-14-4-6-16(14)35)23(37)20-25(36)33-13(3)12(2)32-20/h5,7,11,14,16-17,31H,4,6,8-10H2,1-3H3,(H,34,38)/t11-,14+,16+,17-/m1/s1. The molecule has 1 aliphatic carbocycles. The van der Waals surface area contributed by atoms with Gasteiger partial charge in [-0.25, -0.2) is 9.97 Å². The zero-order valence-electron chi connectivity index (χ0n) is 22.1. The van der Waals surface area contributed by atoms with Crippen LogP contribution < -0.4 is 30.4 Å². The average Bonchev–Trinajstić information content (AvgIpc) is 3.39. The van der Waals surface area contributed by atoms with Gasteiger partial charge in [-0.15, -0.1) is 8.78 Å². The maximum atomic E-state index is 14.1. The number of benzene rings is 1. The third-order valence-corrected chi connectivity index (χ3v) is 8.94. The molecule has 4 aliphatic rings. The van der Waals surface area contributed by atoms with Crippen molar-refractivity contribution in [3.05, 3.63) is 44.5 Å². The lowest BCUT2D eigenvalue weighted by molar-refractivity contribution is -0.286. The molecule has 7 rings (SSSR count). The first-order chi connectivity index (χ1) is 19.0. The summed E-state index contributed by atoms with van der Waals surface area (Å²) in [5.41, 5.74) is 3.18. The molecule has 0 bridgehead atoms. The van der Waals surface area contributed by atoms with Gasteiger partial charge in [-0.3, -0.25) is 9.59 Å². The van der Waals surface area contributed by atoms with Crippen LogP contribution in [0.1, 0.15) is 55.2 Å². The van der Waals surface area contributed by atoms with Crippen molar-refractivity contribution in [3.63, 3.8) is 0 Å². The van der Waals surface area contributed by atoms with E-state index in [2.05, 4.69) is 30.0 Å². The maximum Gasteiger partial charge on any atom is 0.586 e. The molecule has 210 valence electrons. The Hall–Kier alpha value is -3.51. The smallest absolute Gasteiger partial charge is 0.395 e. The lowest BCUT2D eigenvalue weighted by Gasteiger charge is -2.50. The molecule has 0 unspecified atom stereocenters. The van der Waals surface area contributed by atoms with Crippen molar-refractivity contribution >= 4 is 40.0 Å². The number of carbonyl (C=O) groups is 1. The van der Waals surface area contributed by atoms with Crippen LogP contribution in [0.4, 0.5) is 20.2 Å². The number of ether oxygens (including phenoxy) is 2. The van der Waals surface area contributed by atoms with E-state index < -0.39 is 18.2 Å². The zero-order chi connectivity index (χ0) is 28.1. The first-order valence-electron chi connectivity index (χ1n) is 13.4. The summed E-state index contributed by atoms with van der Waals surface area (Å²) in [5, 5.41) is 6.12. The van der Waals surface area contributed by atoms with Crippen molar-refractivity contribution in [1.29, 1.82) is 0 Å². The topological polar surface area (TPSA) is 111 Å². The fraction of sp³-hybridized carbons (Fsp3) is 0.481. The summed E-state index contributed by atoms with van der Waals surface area (Å²) in [6, 6.07) is 2.44. The molecule has 3 aliphatic heterocycles. The van der Waals surface area contributed by atoms with Gasteiger partial charge in [0.2, 0.25) is 11.3 Å². The number of hydrogen-bond acceptors (Lipinski definition) is 8. The number of rotatable bonds is 3. The highest BCUT2D eigenvalue weighted by Gasteiger charge is 2.46. The van der Waals surface area contributed by atoms with Gasteiger partial charge in [0, 0.05) is 31.1 Å². The molecule has 10 nitrogen and oxygen atoms in total. The number of hydrogen-bond donors (Lipinski definition) is 2. The van der Waals surface area contributed by atoms with E-state index in [1.165, 1.54) is 12.1 Å². The Morgan fingerprint density at radius 1 is 1.20 bits per heavy atom. The second-order valence-electron chi connectivity index (χ2n) is 11.0. The molecule has 4 atom stereocenters. The molecule has 3 aromatic rings. The fourth-order valence-electron chi connectivity index (χ4n) is 6.41. The Labute approximate surface area is 232 Å². The molecule has 1 saturated carbocycles. The molecule has 2 fully saturated rings. The highest BCUT2D eigenvalue weighted by Crippen LogP contribution is 2.49. The Morgan fingerprint density at radius 2 is 1.98 bits per heavy atom. The van der Waals surface area contributed by atoms with Gasteiger partial charge in [0.25, 0.3) is 0 Å². The van der Waals surface area contributed by atoms with Crippen LogP contribution in [-0.2, 0) is 4.79 Å². The molecule has 1 amide bonds. The molecule has 0 radical (unpaired) electrons. The number of halogens is 3. The molecule has 13 heteroatoms. The minimum absolute atomic E-state index is 0.107. The summed E-state index contributed by atoms with van der Waals surface area (Å²) in [7, 11) is 0. The summed E-state index contributed by atoms with van der Waals surface area (Å²) in [6.45, 7) is 7.06. The third-order valence-electron chi connectivity index (χ3n) is 8.56. The van der Waals surface area contributed by atoms with Crippen LogP contribution in [0.25, 0.3) is 11.2 Å². The van der Waals surface area contributed by atoms with Crippen LogP contribution in [0.3, 0.4) is 0 Å². The van der Waals surface area contributed by atoms with Gasteiger partial charge in [-0.1, -0.05) is 18.5 Å². The Kier molecular flexibility index (Phi) is 5.56. The highest BCUT2D eigenvalue weighted by atomic mass is 35.5. The van der Waals surface area contributed by atoms with E-state index in [9.17, 15) is 18.4 Å². The van der Waals surface area contributed by atoms with E-state index >= 15 is 0 Å². The second kappa shape index (κ2) is 8.74. The van der Waals surface area contributed by atoms with Crippen LogP contribution in [0, 0.1) is 13.8 Å². The zero-order valence-corrected chi connectivity index (χ0v) is 22.8. The average molecular weight is 573 g/mol. The van der Waals surface area contributed by atoms with E-state index in [4.69, 9.17) is 16.6 Å². The van der Waals surface area contributed by atoms with Crippen molar-refractivity contribution in [2.24, 2.45) is 0 Å². The van der Waals surface area contributed by atoms with Crippen molar-refractivity contribution in [1.82, 2.24) is 19.9 Å². The lowest BCUT2D eigenvalue weighted by Crippen LogP contribution is -2.64. The van der Waals surface area contributed by atoms with Gasteiger partial charge in [0.15, 0.2) is 22.7 Å². The first-order valence-corrected chi connectivity index (χ1v) is 13.7. The van der Waals surface area contributed by atoms with Gasteiger partial charge >= 0.3 is 6.29 Å². The van der Waals surface area contributed by atoms with Crippen LogP contribution in [0.5, 0.6) is 11.5 Å². The number of carbonyl (C=O) groups excluding carboxylic acids is 1. The predicted molar refractivity (Wildman–Crippen MR) is 144 cm³/mol. The number of nitrogens with zero attached hydrogens (tertiary/aromatic N) is 4. The Morgan fingerprint density at radius 3 is 2.73 bits per heavy atom. The minimum Gasteiger partial charge on any atom is -0.395 e. The molecule has 40 heavy (non-hydrogen) atoms. The molecule has 1 aromatic carbocycles. The van der Waals surface area contributed by atoms with E-state index in [0.29, 0.717) is 41.7 Å². The summed E-state index contributed by atoms with van der Waals surface area (Å²) in [5.74, 6) is -1.11. The van der Waals surface area contributed by atoms with Crippen molar-refractivity contribution in [2.75, 3.05) is 23.3 Å². The highest BCUT2D eigenvalue weighted by molar-refractivity contribution is 6.35. The molecule has 5 heterocycles. The second-order valence-corrected chi connectivity index (χ2v) is 11.3. The summed E-state index contributed by atoms with van der Waals surface area (Å²) in [6.07, 6.45) is -1.40. The van der Waals surface area contributed by atoms with E-state index in [0.717, 1.165) is 25.1 Å². The molecular formula is C27H27ClF2N6O4. The van der Waals surface area contributed by atoms with Crippen molar-refractivity contribution in [3.8, 4) is 11.5 Å². The van der Waals surface area contributed by atoms with Crippen molar-refractivity contribution in [2.45, 2.75) is 70.4 Å². The SMILES string of the molecule is Cc1nc2c(=O)c(N3CCN[C@H]4CC[C@@H]43)c3n(c2nc1C)[C@@H](C(=O)Nc1ccc2c(c1Cl)OC(F)(F)O2)C[C@H]3C. The lowest BCUT2D eigenvalue weighted by atomic mass is 9.82. The Bertz CT molecular complexity index is 1660. The predicted octanol–water partition coefficient (Wildman–Crippen LogP) is 4.01. The molecule has 0 spiro atoms. The number of amides is 1. The van der Waals surface area contributed by atoms with Gasteiger partial charge < -0.3 is 29.6 Å². The third kappa shape index (κ3) is 3.68. The van der Waals surface area contributed by atoms with Crippen LogP contribution in [-0.4, -0.2) is 51.9 Å². The minimum atomic E-state index is -3.84. The quantitative estimate of drug-likeness (QED) is 0.484. The van der Waals surface area contributed by atoms with Gasteiger partial charge in [-0.2, -0.15) is 0 Å². The maximum absolute atomic E-state index is 14.1. The van der Waals surface area contributed by atoms with Gasteiger partial charge in [-0.05, 0) is 45.2 Å². The number of alkyl halides is 2. The first kappa shape index (κ1) is 25.5. The summed E-state index contributed by atoms with van der Waals surface area (Å²) >= 11 is 6.34. The van der Waals surface area contributed by atoms with Crippen LogP contribution >= 0.6 is 11.6 Å². The summed E-state index contributed by atoms with van der Waals surface area (Å²) in [4.78, 5) is 39.5.